The van der Waals surface area contributed by atoms with E-state index < -0.39 is 0 Å². The van der Waals surface area contributed by atoms with Crippen LogP contribution in [0, 0.1) is 0 Å². The van der Waals surface area contributed by atoms with Crippen LogP contribution in [-0.4, -0.2) is 30.6 Å². The number of nitrogens with zero attached hydrogens (tertiary/aromatic N) is 1. The van der Waals surface area contributed by atoms with Crippen molar-refractivity contribution in [2.75, 3.05) is 14.1 Å². The van der Waals surface area contributed by atoms with Gasteiger partial charge in [-0.15, -0.1) is 0 Å². The molecule has 0 aliphatic carbocycles. The molecule has 0 radical (unpaired) electrons. The van der Waals surface area contributed by atoms with E-state index >= 15 is 0 Å². The van der Waals surface area contributed by atoms with Gasteiger partial charge in [0.2, 0.25) is 0 Å². The van der Waals surface area contributed by atoms with Crippen LogP contribution in [0.1, 0.15) is 72.1 Å². The monoisotopic (exact) mass is 257 g/mol. The van der Waals surface area contributed by atoms with E-state index in [9.17, 15) is 0 Å². The van der Waals surface area contributed by atoms with E-state index in [2.05, 4.69) is 45.2 Å². The van der Waals surface area contributed by atoms with Crippen LogP contribution in [0.15, 0.2) is 0 Å². The normalized spacial score (nSPS) is 14.2. The molecule has 0 rings (SSSR count). The van der Waals surface area contributed by atoms with Crippen LogP contribution in [0.2, 0.25) is 0 Å². The molecule has 1 atom stereocenters. The van der Waals surface area contributed by atoms with E-state index in [1.807, 2.05) is 0 Å². The summed E-state index contributed by atoms with van der Waals surface area (Å²) in [6.45, 7) is 6.76. The van der Waals surface area contributed by atoms with Crippen LogP contribution in [0.25, 0.3) is 0 Å². The molecule has 0 spiro atoms. The summed E-state index contributed by atoms with van der Waals surface area (Å²) in [7, 11) is 4.24. The summed E-state index contributed by atoms with van der Waals surface area (Å²) in [4.78, 5) is 2.25. The molecule has 0 saturated carbocycles. The van der Waals surface area contributed by atoms with Gasteiger partial charge in [0.15, 0.2) is 0 Å². The maximum atomic E-state index is 5.70. The number of hydrogen-bond acceptors (Lipinski definition) is 3. The van der Waals surface area contributed by atoms with Crippen LogP contribution < -0.4 is 11.3 Å². The van der Waals surface area contributed by atoms with Crippen LogP contribution >= 0.6 is 0 Å². The van der Waals surface area contributed by atoms with E-state index in [1.54, 1.807) is 0 Å². The standard InChI is InChI=1S/C15H35N3/c1-6-7-8-9-10-11-12-13-14(17-16)15(2,3)18(4)5/h14,17H,6-13,16H2,1-5H3. The highest BCUT2D eigenvalue weighted by Crippen LogP contribution is 2.20. The smallest absolute Gasteiger partial charge is 0.0389 e. The van der Waals surface area contributed by atoms with E-state index in [4.69, 9.17) is 5.84 Å². The van der Waals surface area contributed by atoms with Crippen LogP contribution in [0.5, 0.6) is 0 Å². The average molecular weight is 257 g/mol. The molecule has 0 aromatic heterocycles. The van der Waals surface area contributed by atoms with Crippen molar-refractivity contribution in [3.63, 3.8) is 0 Å². The highest BCUT2D eigenvalue weighted by molar-refractivity contribution is 4.89. The molecule has 1 unspecified atom stereocenters. The Kier molecular flexibility index (Phi) is 9.70. The molecule has 0 aromatic carbocycles. The molecule has 3 heteroatoms. The highest BCUT2D eigenvalue weighted by atomic mass is 15.3. The zero-order valence-electron chi connectivity index (χ0n) is 13.3. The van der Waals surface area contributed by atoms with Crippen molar-refractivity contribution in [2.45, 2.75) is 83.7 Å². The van der Waals surface area contributed by atoms with E-state index in [0.29, 0.717) is 6.04 Å². The van der Waals surface area contributed by atoms with Crippen molar-refractivity contribution in [3.8, 4) is 0 Å². The van der Waals surface area contributed by atoms with Crippen molar-refractivity contribution >= 4 is 0 Å². The minimum atomic E-state index is 0.108. The van der Waals surface area contributed by atoms with Crippen molar-refractivity contribution in [1.29, 1.82) is 0 Å². The fourth-order valence-electron chi connectivity index (χ4n) is 2.26. The molecule has 18 heavy (non-hydrogen) atoms. The number of unbranched alkanes of at least 4 members (excludes halogenated alkanes) is 6. The molecule has 3 nitrogen and oxygen atoms in total. The predicted octanol–water partition coefficient (Wildman–Crippen LogP) is 3.30. The van der Waals surface area contributed by atoms with Crippen molar-refractivity contribution in [1.82, 2.24) is 10.3 Å². The molecule has 0 aromatic rings. The number of nitrogens with one attached hydrogen (secondary N) is 1. The molecular weight excluding hydrogens is 222 g/mol. The molecule has 0 amide bonds. The molecule has 3 N–H and O–H groups in total. The number of hydrogen-bond donors (Lipinski definition) is 2. The average Bonchev–Trinajstić information content (AvgIpc) is 2.32. The number of hydrazine groups is 1. The molecular formula is C15H35N3. The van der Waals surface area contributed by atoms with Crippen LogP contribution in [0.3, 0.4) is 0 Å². The third-order valence-electron chi connectivity index (χ3n) is 4.30. The summed E-state index contributed by atoms with van der Waals surface area (Å²) in [6, 6.07) is 0.364. The van der Waals surface area contributed by atoms with Gasteiger partial charge in [-0.2, -0.15) is 0 Å². The SMILES string of the molecule is CCCCCCCCCC(NN)C(C)(C)N(C)C. The van der Waals surface area contributed by atoms with Gasteiger partial charge in [-0.3, -0.25) is 11.3 Å². The molecule has 0 bridgehead atoms. The second-order valence-corrected chi connectivity index (χ2v) is 6.18. The maximum absolute atomic E-state index is 5.70. The number of rotatable bonds is 11. The first-order chi connectivity index (χ1) is 8.46. The van der Waals surface area contributed by atoms with Gasteiger partial charge in [-0.05, 0) is 34.4 Å². The maximum Gasteiger partial charge on any atom is 0.0389 e. The van der Waals surface area contributed by atoms with Gasteiger partial charge < -0.3 is 4.90 Å². The summed E-state index contributed by atoms with van der Waals surface area (Å²) in [6.07, 6.45) is 10.7. The Balaban J connectivity index is 3.75. The topological polar surface area (TPSA) is 41.3 Å². The number of nitrogens with two attached hydrogens (primary N) is 1. The quantitative estimate of drug-likeness (QED) is 0.339. The van der Waals surface area contributed by atoms with E-state index in [-0.39, 0.29) is 5.54 Å². The Hall–Kier alpha value is -0.120. The molecule has 0 aliphatic rings. The molecule has 110 valence electrons. The Morgan fingerprint density at radius 2 is 1.50 bits per heavy atom. The summed E-state index contributed by atoms with van der Waals surface area (Å²) in [5.74, 6) is 5.70. The van der Waals surface area contributed by atoms with Crippen LogP contribution in [-0.2, 0) is 0 Å². The van der Waals surface area contributed by atoms with Gasteiger partial charge in [0.25, 0.3) is 0 Å². The Morgan fingerprint density at radius 1 is 1.00 bits per heavy atom. The second-order valence-electron chi connectivity index (χ2n) is 6.18. The lowest BCUT2D eigenvalue weighted by Crippen LogP contribution is -2.57. The minimum absolute atomic E-state index is 0.108. The fraction of sp³-hybridized carbons (Fsp3) is 1.00. The molecule has 0 saturated heterocycles. The van der Waals surface area contributed by atoms with E-state index in [0.717, 1.165) is 6.42 Å². The highest BCUT2D eigenvalue weighted by Gasteiger charge is 2.30. The zero-order chi connectivity index (χ0) is 14.0. The lowest BCUT2D eigenvalue weighted by Gasteiger charge is -2.40. The Labute approximate surface area is 114 Å². The summed E-state index contributed by atoms with van der Waals surface area (Å²) in [5.41, 5.74) is 3.10. The zero-order valence-corrected chi connectivity index (χ0v) is 13.3. The van der Waals surface area contributed by atoms with Crippen LogP contribution in [0.4, 0.5) is 0 Å². The largest absolute Gasteiger partial charge is 0.303 e. The van der Waals surface area contributed by atoms with Gasteiger partial charge in [-0.1, -0.05) is 51.9 Å². The molecule has 0 heterocycles. The predicted molar refractivity (Wildman–Crippen MR) is 81.5 cm³/mol. The van der Waals surface area contributed by atoms with Crippen molar-refractivity contribution in [2.24, 2.45) is 5.84 Å². The van der Waals surface area contributed by atoms with Crippen molar-refractivity contribution in [3.05, 3.63) is 0 Å². The van der Waals surface area contributed by atoms with Crippen molar-refractivity contribution < 1.29 is 0 Å². The fourth-order valence-corrected chi connectivity index (χ4v) is 2.26. The van der Waals surface area contributed by atoms with Gasteiger partial charge in [0.05, 0.1) is 0 Å². The third kappa shape index (κ3) is 6.72. The second kappa shape index (κ2) is 9.76. The summed E-state index contributed by atoms with van der Waals surface area (Å²) in [5, 5.41) is 0. The Bertz CT molecular complexity index is 190. The summed E-state index contributed by atoms with van der Waals surface area (Å²) >= 11 is 0. The van der Waals surface area contributed by atoms with Gasteiger partial charge in [0, 0.05) is 11.6 Å². The first-order valence-electron chi connectivity index (χ1n) is 7.60. The molecule has 0 aliphatic heterocycles. The van der Waals surface area contributed by atoms with Gasteiger partial charge >= 0.3 is 0 Å². The summed E-state index contributed by atoms with van der Waals surface area (Å²) < 4.78 is 0. The third-order valence-corrected chi connectivity index (χ3v) is 4.30. The first kappa shape index (κ1) is 17.9. The first-order valence-corrected chi connectivity index (χ1v) is 7.60. The molecule has 0 fully saturated rings. The minimum Gasteiger partial charge on any atom is -0.303 e. The Morgan fingerprint density at radius 3 is 1.94 bits per heavy atom. The van der Waals surface area contributed by atoms with Gasteiger partial charge in [-0.25, -0.2) is 0 Å². The van der Waals surface area contributed by atoms with Gasteiger partial charge in [0.1, 0.15) is 0 Å². The lowest BCUT2D eigenvalue weighted by molar-refractivity contribution is 0.130. The number of likely N-dealkylation sites (N-methyl/N-ethyl adjacent to an activating group) is 1. The lowest BCUT2D eigenvalue weighted by atomic mass is 9.89. The van der Waals surface area contributed by atoms with E-state index in [1.165, 1.54) is 44.9 Å².